The van der Waals surface area contributed by atoms with Gasteiger partial charge in [0.25, 0.3) is 0 Å². The molecular formula is C40H25NOS. The second kappa shape index (κ2) is 9.59. The van der Waals surface area contributed by atoms with Crippen molar-refractivity contribution >= 4 is 81.3 Å². The number of furan rings is 1. The van der Waals surface area contributed by atoms with Crippen molar-refractivity contribution < 1.29 is 4.42 Å². The second-order valence-electron chi connectivity index (χ2n) is 11.0. The van der Waals surface area contributed by atoms with Gasteiger partial charge in [0.2, 0.25) is 0 Å². The van der Waals surface area contributed by atoms with E-state index in [1.54, 1.807) is 0 Å². The van der Waals surface area contributed by atoms with Gasteiger partial charge in [-0.05, 0) is 76.5 Å². The first kappa shape index (κ1) is 24.2. The third-order valence-corrected chi connectivity index (χ3v) is 9.57. The molecule has 0 bridgehead atoms. The van der Waals surface area contributed by atoms with Crippen LogP contribution < -0.4 is 4.90 Å². The standard InChI is InChI=1S/C40H25NOS/c1-2-9-26(10-3-1)27-17-20-30(21-18-27)41(36-14-8-13-34-32-11-4-6-15-37(32)42-40(34)36)31-22-19-28-24-35-33-12-5-7-16-38(33)43-39(35)25-29(28)23-31/h1-25H. The van der Waals surface area contributed by atoms with Crippen molar-refractivity contribution in [2.24, 2.45) is 0 Å². The number of nitrogens with zero attached hydrogens (tertiary/aromatic N) is 1. The molecule has 2 nitrogen and oxygen atoms in total. The van der Waals surface area contributed by atoms with E-state index in [0.717, 1.165) is 39.0 Å². The molecule has 0 saturated heterocycles. The summed E-state index contributed by atoms with van der Waals surface area (Å²) in [7, 11) is 0. The Morgan fingerprint density at radius 1 is 0.442 bits per heavy atom. The van der Waals surface area contributed by atoms with Crippen LogP contribution in [0.15, 0.2) is 156 Å². The van der Waals surface area contributed by atoms with Gasteiger partial charge in [-0.3, -0.25) is 0 Å². The molecule has 0 aliphatic rings. The minimum absolute atomic E-state index is 0.885. The monoisotopic (exact) mass is 567 g/mol. The van der Waals surface area contributed by atoms with Crippen molar-refractivity contribution in [3.05, 3.63) is 152 Å². The highest BCUT2D eigenvalue weighted by Crippen LogP contribution is 2.44. The van der Waals surface area contributed by atoms with E-state index in [-0.39, 0.29) is 0 Å². The van der Waals surface area contributed by atoms with E-state index in [2.05, 4.69) is 144 Å². The van der Waals surface area contributed by atoms with Gasteiger partial charge < -0.3 is 9.32 Å². The lowest BCUT2D eigenvalue weighted by Gasteiger charge is -2.26. The van der Waals surface area contributed by atoms with Gasteiger partial charge in [0, 0.05) is 42.3 Å². The summed E-state index contributed by atoms with van der Waals surface area (Å²) in [5, 5.41) is 7.35. The Labute approximate surface area is 252 Å². The van der Waals surface area contributed by atoms with Crippen LogP contribution in [0.25, 0.3) is 64.0 Å². The molecule has 0 radical (unpaired) electrons. The fourth-order valence-electron chi connectivity index (χ4n) is 6.36. The Balaban J connectivity index is 1.26. The summed E-state index contributed by atoms with van der Waals surface area (Å²) in [6.45, 7) is 0. The summed E-state index contributed by atoms with van der Waals surface area (Å²) < 4.78 is 9.17. The molecule has 9 aromatic rings. The first-order valence-corrected chi connectivity index (χ1v) is 15.3. The van der Waals surface area contributed by atoms with Gasteiger partial charge in [-0.2, -0.15) is 0 Å². The van der Waals surface area contributed by atoms with Gasteiger partial charge in [-0.25, -0.2) is 0 Å². The smallest absolute Gasteiger partial charge is 0.159 e. The molecule has 2 heterocycles. The lowest BCUT2D eigenvalue weighted by atomic mass is 10.0. The summed E-state index contributed by atoms with van der Waals surface area (Å²) >= 11 is 1.86. The van der Waals surface area contributed by atoms with Crippen LogP contribution in [0, 0.1) is 0 Å². The third kappa shape index (κ3) is 3.93. The lowest BCUT2D eigenvalue weighted by Crippen LogP contribution is -2.10. The number of thiophene rings is 1. The van der Waals surface area contributed by atoms with Gasteiger partial charge in [-0.15, -0.1) is 11.3 Å². The maximum absolute atomic E-state index is 6.54. The Kier molecular flexibility index (Phi) is 5.40. The molecule has 7 aromatic carbocycles. The van der Waals surface area contributed by atoms with Crippen LogP contribution in [0.1, 0.15) is 0 Å². The number of fused-ring (bicyclic) bond motifs is 7. The fraction of sp³-hybridized carbons (Fsp3) is 0. The average Bonchev–Trinajstić information content (AvgIpc) is 3.63. The maximum atomic E-state index is 6.54. The molecule has 0 N–H and O–H groups in total. The largest absolute Gasteiger partial charge is 0.454 e. The van der Waals surface area contributed by atoms with Crippen LogP contribution in [-0.4, -0.2) is 0 Å². The molecule has 2 aromatic heterocycles. The predicted octanol–water partition coefficient (Wildman–Crippen LogP) is 12.2. The van der Waals surface area contributed by atoms with Gasteiger partial charge in [-0.1, -0.05) is 97.1 Å². The second-order valence-corrected chi connectivity index (χ2v) is 12.1. The van der Waals surface area contributed by atoms with Gasteiger partial charge >= 0.3 is 0 Å². The van der Waals surface area contributed by atoms with Gasteiger partial charge in [0.05, 0.1) is 5.69 Å². The zero-order valence-electron chi connectivity index (χ0n) is 23.2. The number of anilines is 3. The summed E-state index contributed by atoms with van der Waals surface area (Å²) in [5.41, 5.74) is 7.37. The Morgan fingerprint density at radius 2 is 1.16 bits per heavy atom. The zero-order valence-corrected chi connectivity index (χ0v) is 24.0. The maximum Gasteiger partial charge on any atom is 0.159 e. The van der Waals surface area contributed by atoms with E-state index in [1.165, 1.54) is 42.1 Å². The molecule has 0 spiro atoms. The quantitative estimate of drug-likeness (QED) is 0.210. The van der Waals surface area contributed by atoms with Crippen molar-refractivity contribution in [3.8, 4) is 11.1 Å². The Morgan fingerprint density at radius 3 is 2.05 bits per heavy atom. The van der Waals surface area contributed by atoms with Crippen molar-refractivity contribution in [2.75, 3.05) is 4.90 Å². The van der Waals surface area contributed by atoms with Crippen LogP contribution in [-0.2, 0) is 0 Å². The molecule has 43 heavy (non-hydrogen) atoms. The topological polar surface area (TPSA) is 16.4 Å². The van der Waals surface area contributed by atoms with Crippen molar-refractivity contribution in [1.29, 1.82) is 0 Å². The Hall–Kier alpha value is -5.38. The van der Waals surface area contributed by atoms with E-state index in [1.807, 2.05) is 23.5 Å². The Bertz CT molecular complexity index is 2450. The van der Waals surface area contributed by atoms with Crippen LogP contribution in [0.5, 0.6) is 0 Å². The fourth-order valence-corrected chi connectivity index (χ4v) is 7.50. The average molecular weight is 568 g/mol. The number of hydrogen-bond donors (Lipinski definition) is 0. The normalized spacial score (nSPS) is 11.7. The molecule has 0 saturated carbocycles. The van der Waals surface area contributed by atoms with Crippen molar-refractivity contribution in [3.63, 3.8) is 0 Å². The first-order valence-electron chi connectivity index (χ1n) is 14.5. The molecule has 0 aliphatic carbocycles. The van der Waals surface area contributed by atoms with E-state index in [9.17, 15) is 0 Å². The summed E-state index contributed by atoms with van der Waals surface area (Å²) in [6.07, 6.45) is 0. The minimum Gasteiger partial charge on any atom is -0.454 e. The highest BCUT2D eigenvalue weighted by Gasteiger charge is 2.20. The van der Waals surface area contributed by atoms with E-state index < -0.39 is 0 Å². The van der Waals surface area contributed by atoms with Crippen LogP contribution in [0.3, 0.4) is 0 Å². The van der Waals surface area contributed by atoms with E-state index in [0.29, 0.717) is 0 Å². The number of rotatable bonds is 4. The molecular weight excluding hydrogens is 543 g/mol. The number of para-hydroxylation sites is 2. The van der Waals surface area contributed by atoms with Crippen LogP contribution >= 0.6 is 11.3 Å². The van der Waals surface area contributed by atoms with Gasteiger partial charge in [0.1, 0.15) is 5.58 Å². The minimum atomic E-state index is 0.885. The number of hydrogen-bond acceptors (Lipinski definition) is 3. The third-order valence-electron chi connectivity index (χ3n) is 8.43. The highest BCUT2D eigenvalue weighted by molar-refractivity contribution is 7.25. The number of benzene rings is 7. The summed E-state index contributed by atoms with van der Waals surface area (Å²) in [6, 6.07) is 54.3. The van der Waals surface area contributed by atoms with Crippen molar-refractivity contribution in [2.45, 2.75) is 0 Å². The summed E-state index contributed by atoms with van der Waals surface area (Å²) in [4.78, 5) is 2.33. The lowest BCUT2D eigenvalue weighted by molar-refractivity contribution is 0.669. The molecule has 0 aliphatic heterocycles. The first-order chi connectivity index (χ1) is 21.3. The SMILES string of the molecule is c1ccc(-c2ccc(N(c3ccc4cc5c(cc4c3)sc3ccccc35)c3cccc4c3oc3ccccc34)cc2)cc1. The molecule has 0 unspecified atom stereocenters. The van der Waals surface area contributed by atoms with Crippen LogP contribution in [0.2, 0.25) is 0 Å². The molecule has 0 atom stereocenters. The molecule has 9 rings (SSSR count). The summed E-state index contributed by atoms with van der Waals surface area (Å²) in [5.74, 6) is 0. The molecule has 0 fully saturated rings. The molecule has 202 valence electrons. The van der Waals surface area contributed by atoms with E-state index >= 15 is 0 Å². The molecule has 3 heteroatoms. The zero-order chi connectivity index (χ0) is 28.3. The highest BCUT2D eigenvalue weighted by atomic mass is 32.1. The van der Waals surface area contributed by atoms with Crippen LogP contribution in [0.4, 0.5) is 17.1 Å². The van der Waals surface area contributed by atoms with E-state index in [4.69, 9.17) is 4.42 Å². The molecule has 0 amide bonds. The predicted molar refractivity (Wildman–Crippen MR) is 184 cm³/mol. The van der Waals surface area contributed by atoms with Crippen molar-refractivity contribution in [1.82, 2.24) is 0 Å². The van der Waals surface area contributed by atoms with Gasteiger partial charge in [0.15, 0.2) is 5.58 Å².